The van der Waals surface area contributed by atoms with E-state index < -0.39 is 16.1 Å². The minimum absolute atomic E-state index is 0.0929. The number of para-hydroxylation sites is 1. The molecule has 0 aliphatic carbocycles. The van der Waals surface area contributed by atoms with E-state index in [1.165, 1.54) is 22.6 Å². The van der Waals surface area contributed by atoms with Gasteiger partial charge in [-0.1, -0.05) is 18.2 Å². The fourth-order valence-corrected chi connectivity index (χ4v) is 3.98. The van der Waals surface area contributed by atoms with E-state index in [9.17, 15) is 13.2 Å². The van der Waals surface area contributed by atoms with Crippen LogP contribution in [0.3, 0.4) is 0 Å². The summed E-state index contributed by atoms with van der Waals surface area (Å²) in [6.07, 6.45) is 4.29. The van der Waals surface area contributed by atoms with Crippen LogP contribution in [-0.4, -0.2) is 25.7 Å². The summed E-state index contributed by atoms with van der Waals surface area (Å²) in [5, 5.41) is 2.89. The van der Waals surface area contributed by atoms with Crippen molar-refractivity contribution in [3.63, 3.8) is 0 Å². The molecule has 0 saturated carbocycles. The van der Waals surface area contributed by atoms with E-state index in [-0.39, 0.29) is 10.7 Å². The predicted molar refractivity (Wildman–Crippen MR) is 90.9 cm³/mol. The number of carbonyl (C=O) groups is 1. The van der Waals surface area contributed by atoms with E-state index in [2.05, 4.69) is 10.3 Å². The Labute approximate surface area is 140 Å². The van der Waals surface area contributed by atoms with Gasteiger partial charge in [-0.05, 0) is 37.3 Å². The maximum atomic E-state index is 12.9. The zero-order valence-corrected chi connectivity index (χ0v) is 13.9. The van der Waals surface area contributed by atoms with E-state index in [1.807, 2.05) is 6.07 Å². The number of ketones is 1. The zero-order valence-electron chi connectivity index (χ0n) is 13.1. The first-order valence-electron chi connectivity index (χ1n) is 7.54. The number of pyridine rings is 1. The van der Waals surface area contributed by atoms with E-state index in [4.69, 9.17) is 0 Å². The molecular weight excluding hydrogens is 326 g/mol. The molecule has 3 rings (SSSR count). The highest BCUT2D eigenvalue weighted by atomic mass is 32.2. The maximum Gasteiger partial charge on any atom is 0.265 e. The third-order valence-electron chi connectivity index (χ3n) is 3.77. The maximum absolute atomic E-state index is 12.9. The van der Waals surface area contributed by atoms with Gasteiger partial charge in [0.05, 0.1) is 11.4 Å². The van der Waals surface area contributed by atoms with Crippen molar-refractivity contribution in [2.45, 2.75) is 17.9 Å². The Morgan fingerprint density at radius 3 is 2.46 bits per heavy atom. The Hall–Kier alpha value is -2.67. The molecule has 1 unspecified atom stereocenters. The van der Waals surface area contributed by atoms with Gasteiger partial charge in [0.1, 0.15) is 10.9 Å². The van der Waals surface area contributed by atoms with Gasteiger partial charge in [-0.15, -0.1) is 0 Å². The molecule has 0 fully saturated rings. The van der Waals surface area contributed by atoms with Gasteiger partial charge < -0.3 is 5.32 Å². The number of carbonyl (C=O) groups excluding carboxylic acids is 1. The molecule has 24 heavy (non-hydrogen) atoms. The predicted octanol–water partition coefficient (Wildman–Crippen LogP) is 2.02. The lowest BCUT2D eigenvalue weighted by atomic mass is 10.1. The molecule has 1 aliphatic heterocycles. The molecule has 0 bridgehead atoms. The Morgan fingerprint density at radius 2 is 1.92 bits per heavy atom. The van der Waals surface area contributed by atoms with E-state index in [0.29, 0.717) is 17.9 Å². The Balaban J connectivity index is 1.91. The topological polar surface area (TPSA) is 79.4 Å². The third-order valence-corrected chi connectivity index (χ3v) is 5.66. The molecule has 1 aromatic heterocycles. The first-order valence-corrected chi connectivity index (χ1v) is 8.98. The molecule has 0 saturated heterocycles. The van der Waals surface area contributed by atoms with Crippen LogP contribution in [0.4, 0.5) is 5.69 Å². The molecule has 1 aromatic carbocycles. The van der Waals surface area contributed by atoms with Crippen LogP contribution in [-0.2, 0) is 14.8 Å². The van der Waals surface area contributed by atoms with Crippen LogP contribution in [0.5, 0.6) is 0 Å². The molecule has 2 heterocycles. The fourth-order valence-electron chi connectivity index (χ4n) is 2.56. The SMILES string of the molecule is CCN(c1ccccc1)S(=O)(=O)c1ccc(C2NC=CC2=O)nc1. The largest absolute Gasteiger partial charge is 0.376 e. The van der Waals surface area contributed by atoms with Crippen LogP contribution in [0.1, 0.15) is 18.7 Å². The van der Waals surface area contributed by atoms with Crippen LogP contribution < -0.4 is 9.62 Å². The van der Waals surface area contributed by atoms with E-state index in [0.717, 1.165) is 0 Å². The number of anilines is 1. The van der Waals surface area contributed by atoms with Crippen LogP contribution in [0.2, 0.25) is 0 Å². The van der Waals surface area contributed by atoms with E-state index >= 15 is 0 Å². The van der Waals surface area contributed by atoms with Gasteiger partial charge in [0.15, 0.2) is 5.78 Å². The van der Waals surface area contributed by atoms with Crippen molar-refractivity contribution in [2.24, 2.45) is 0 Å². The van der Waals surface area contributed by atoms with E-state index in [1.54, 1.807) is 43.5 Å². The fraction of sp³-hybridized carbons (Fsp3) is 0.176. The molecule has 0 spiro atoms. The van der Waals surface area contributed by atoms with Gasteiger partial charge in [0.2, 0.25) is 0 Å². The second-order valence-corrected chi connectivity index (χ2v) is 7.12. The lowest BCUT2D eigenvalue weighted by Gasteiger charge is -2.22. The lowest BCUT2D eigenvalue weighted by molar-refractivity contribution is -0.115. The molecule has 1 N–H and O–H groups in total. The molecule has 1 aliphatic rings. The summed E-state index contributed by atoms with van der Waals surface area (Å²) < 4.78 is 27.0. The van der Waals surface area contributed by atoms with Gasteiger partial charge in [0, 0.05) is 18.9 Å². The van der Waals surface area contributed by atoms with Gasteiger partial charge in [-0.3, -0.25) is 14.1 Å². The molecule has 0 radical (unpaired) electrons. The normalized spacial score (nSPS) is 16.9. The molecule has 2 aromatic rings. The number of aromatic nitrogens is 1. The number of sulfonamides is 1. The minimum Gasteiger partial charge on any atom is -0.376 e. The average molecular weight is 343 g/mol. The minimum atomic E-state index is -3.71. The standard InChI is InChI=1S/C17H17N3O3S/c1-2-20(13-6-4-3-5-7-13)24(22,23)14-8-9-15(19-12-14)17-16(21)10-11-18-17/h3-12,17-18H,2H2,1H3. The molecule has 0 amide bonds. The number of hydrogen-bond donors (Lipinski definition) is 1. The summed E-state index contributed by atoms with van der Waals surface area (Å²) in [5.41, 5.74) is 1.09. The summed E-state index contributed by atoms with van der Waals surface area (Å²) in [5.74, 6) is -0.0995. The number of rotatable bonds is 5. The summed E-state index contributed by atoms with van der Waals surface area (Å²) in [4.78, 5) is 15.9. The van der Waals surface area contributed by atoms with Crippen molar-refractivity contribution in [2.75, 3.05) is 10.8 Å². The van der Waals surface area contributed by atoms with Crippen molar-refractivity contribution in [3.8, 4) is 0 Å². The highest BCUT2D eigenvalue weighted by Gasteiger charge is 2.26. The van der Waals surface area contributed by atoms with Gasteiger partial charge in [0.25, 0.3) is 10.0 Å². The number of hydrogen-bond acceptors (Lipinski definition) is 5. The molecular formula is C17H17N3O3S. The number of nitrogens with one attached hydrogen (secondary N) is 1. The first-order chi connectivity index (χ1) is 11.5. The van der Waals surface area contributed by atoms with Crippen LogP contribution in [0.15, 0.2) is 65.8 Å². The van der Waals surface area contributed by atoms with Crippen molar-refractivity contribution >= 4 is 21.5 Å². The molecule has 7 heteroatoms. The quantitative estimate of drug-likeness (QED) is 0.898. The molecule has 6 nitrogen and oxygen atoms in total. The monoisotopic (exact) mass is 343 g/mol. The number of nitrogens with zero attached hydrogens (tertiary/aromatic N) is 2. The van der Waals surface area contributed by atoms with Crippen LogP contribution >= 0.6 is 0 Å². The highest BCUT2D eigenvalue weighted by molar-refractivity contribution is 7.92. The average Bonchev–Trinajstić information content (AvgIpc) is 3.02. The van der Waals surface area contributed by atoms with Crippen molar-refractivity contribution < 1.29 is 13.2 Å². The summed E-state index contributed by atoms with van der Waals surface area (Å²) >= 11 is 0. The van der Waals surface area contributed by atoms with Gasteiger partial charge in [-0.25, -0.2) is 8.42 Å². The van der Waals surface area contributed by atoms with Crippen LogP contribution in [0, 0.1) is 0 Å². The van der Waals surface area contributed by atoms with Crippen molar-refractivity contribution in [3.05, 3.63) is 66.6 Å². The van der Waals surface area contributed by atoms with Gasteiger partial charge in [-0.2, -0.15) is 0 Å². The smallest absolute Gasteiger partial charge is 0.265 e. The third kappa shape index (κ3) is 2.90. The summed E-state index contributed by atoms with van der Waals surface area (Å²) in [6, 6.07) is 11.4. The highest BCUT2D eigenvalue weighted by Crippen LogP contribution is 2.24. The molecule has 1 atom stereocenters. The first kappa shape index (κ1) is 16.2. The summed E-state index contributed by atoms with van der Waals surface area (Å²) in [6.45, 7) is 2.08. The number of benzene rings is 1. The molecule has 124 valence electrons. The lowest BCUT2D eigenvalue weighted by Crippen LogP contribution is -2.31. The van der Waals surface area contributed by atoms with Crippen molar-refractivity contribution in [1.82, 2.24) is 10.3 Å². The Kier molecular flexibility index (Phi) is 4.35. The Bertz CT molecular complexity index is 862. The summed E-state index contributed by atoms with van der Waals surface area (Å²) in [7, 11) is -3.71. The van der Waals surface area contributed by atoms with Crippen LogP contribution in [0.25, 0.3) is 0 Å². The zero-order chi connectivity index (χ0) is 17.2. The van der Waals surface area contributed by atoms with Crippen molar-refractivity contribution in [1.29, 1.82) is 0 Å². The second kappa shape index (κ2) is 6.45. The second-order valence-electron chi connectivity index (χ2n) is 5.26. The Morgan fingerprint density at radius 1 is 1.17 bits per heavy atom. The van der Waals surface area contributed by atoms with Gasteiger partial charge >= 0.3 is 0 Å².